The lowest BCUT2D eigenvalue weighted by Crippen LogP contribution is -2.14. The van der Waals surface area contributed by atoms with E-state index in [9.17, 15) is 0 Å². The van der Waals surface area contributed by atoms with Gasteiger partial charge in [0.05, 0.1) is 6.54 Å². The first kappa shape index (κ1) is 13.3. The molecule has 0 spiro atoms. The molecule has 0 unspecified atom stereocenters. The fourth-order valence-electron chi connectivity index (χ4n) is 2.30. The molecule has 1 aromatic carbocycles. The van der Waals surface area contributed by atoms with Crippen LogP contribution in [0.5, 0.6) is 5.75 Å². The van der Waals surface area contributed by atoms with Gasteiger partial charge in [-0.25, -0.2) is 0 Å². The maximum absolute atomic E-state index is 5.79. The summed E-state index contributed by atoms with van der Waals surface area (Å²) in [5, 5.41) is 3.44. The molecule has 1 fully saturated rings. The average Bonchev–Trinajstić information content (AvgIpc) is 3.12. The first-order valence-electron chi connectivity index (χ1n) is 7.21. The van der Waals surface area contributed by atoms with E-state index in [1.165, 1.54) is 24.0 Å². The number of nitrogens with one attached hydrogen (secondary N) is 1. The van der Waals surface area contributed by atoms with Crippen LogP contribution in [-0.2, 0) is 13.2 Å². The van der Waals surface area contributed by atoms with E-state index < -0.39 is 0 Å². The Balaban J connectivity index is 1.54. The fraction of sp³-hybridized carbons (Fsp3) is 0.412. The number of benzene rings is 1. The number of ether oxygens (including phenoxy) is 1. The Kier molecular flexibility index (Phi) is 3.79. The normalized spacial score (nSPS) is 14.5. The molecule has 0 bridgehead atoms. The second-order valence-electron chi connectivity index (χ2n) is 5.64. The third kappa shape index (κ3) is 3.64. The van der Waals surface area contributed by atoms with E-state index in [4.69, 9.17) is 9.15 Å². The first-order valence-corrected chi connectivity index (χ1v) is 7.21. The molecule has 0 atom stereocenters. The molecule has 1 aliphatic rings. The van der Waals surface area contributed by atoms with Gasteiger partial charge in [-0.3, -0.25) is 0 Å². The number of furan rings is 1. The second-order valence-corrected chi connectivity index (χ2v) is 5.64. The van der Waals surface area contributed by atoms with Crippen LogP contribution in [0.1, 0.15) is 35.5 Å². The zero-order chi connectivity index (χ0) is 13.9. The third-order valence-electron chi connectivity index (χ3n) is 3.44. The molecule has 1 saturated carbocycles. The molecule has 106 valence electrons. The van der Waals surface area contributed by atoms with Crippen molar-refractivity contribution >= 4 is 0 Å². The van der Waals surface area contributed by atoms with Gasteiger partial charge in [0.1, 0.15) is 23.9 Å². The van der Waals surface area contributed by atoms with E-state index in [0.717, 1.165) is 23.8 Å². The topological polar surface area (TPSA) is 34.4 Å². The largest absolute Gasteiger partial charge is 0.486 e. The zero-order valence-electron chi connectivity index (χ0n) is 12.1. The molecular weight excluding hydrogens is 250 g/mol. The maximum Gasteiger partial charge on any atom is 0.146 e. The molecule has 3 nitrogen and oxygen atoms in total. The van der Waals surface area contributed by atoms with Gasteiger partial charge < -0.3 is 14.5 Å². The van der Waals surface area contributed by atoms with Crippen LogP contribution in [0.25, 0.3) is 0 Å². The van der Waals surface area contributed by atoms with Gasteiger partial charge in [0, 0.05) is 6.04 Å². The van der Waals surface area contributed by atoms with Crippen molar-refractivity contribution in [3.63, 3.8) is 0 Å². The summed E-state index contributed by atoms with van der Waals surface area (Å²) >= 11 is 0. The standard InChI is InChI=1S/C17H21NO2/c1-12-7-13(2)9-17(8-12)19-11-16-6-5-15(20-16)10-18-14-3-4-14/h5-9,14,18H,3-4,10-11H2,1-2H3. The summed E-state index contributed by atoms with van der Waals surface area (Å²) in [4.78, 5) is 0. The maximum atomic E-state index is 5.79. The third-order valence-corrected chi connectivity index (χ3v) is 3.44. The molecule has 0 aliphatic heterocycles. The van der Waals surface area contributed by atoms with Crippen LogP contribution in [0.4, 0.5) is 0 Å². The number of rotatable bonds is 6. The van der Waals surface area contributed by atoms with Gasteiger partial charge in [0.2, 0.25) is 0 Å². The van der Waals surface area contributed by atoms with Crippen LogP contribution in [0.2, 0.25) is 0 Å². The van der Waals surface area contributed by atoms with E-state index in [1.54, 1.807) is 0 Å². The van der Waals surface area contributed by atoms with Crippen LogP contribution >= 0.6 is 0 Å². The lowest BCUT2D eigenvalue weighted by Gasteiger charge is -2.06. The zero-order valence-corrected chi connectivity index (χ0v) is 12.1. The highest BCUT2D eigenvalue weighted by atomic mass is 16.5. The fourth-order valence-corrected chi connectivity index (χ4v) is 2.30. The molecule has 3 rings (SSSR count). The van der Waals surface area contributed by atoms with Gasteiger partial charge in [-0.05, 0) is 62.1 Å². The van der Waals surface area contributed by atoms with Crippen molar-refractivity contribution in [2.75, 3.05) is 0 Å². The van der Waals surface area contributed by atoms with E-state index in [0.29, 0.717) is 12.6 Å². The van der Waals surface area contributed by atoms with Crippen molar-refractivity contribution in [1.29, 1.82) is 0 Å². The lowest BCUT2D eigenvalue weighted by atomic mass is 10.1. The SMILES string of the molecule is Cc1cc(C)cc(OCc2ccc(CNC3CC3)o2)c1. The molecule has 3 heteroatoms. The van der Waals surface area contributed by atoms with Crippen molar-refractivity contribution in [3.05, 3.63) is 53.0 Å². The predicted molar refractivity (Wildman–Crippen MR) is 78.8 cm³/mol. The summed E-state index contributed by atoms with van der Waals surface area (Å²) in [5.74, 6) is 2.75. The van der Waals surface area contributed by atoms with E-state index in [2.05, 4.69) is 25.2 Å². The Morgan fingerprint density at radius 1 is 1.10 bits per heavy atom. The molecule has 20 heavy (non-hydrogen) atoms. The second kappa shape index (κ2) is 5.71. The monoisotopic (exact) mass is 271 g/mol. The summed E-state index contributed by atoms with van der Waals surface area (Å²) in [6, 6.07) is 11.0. The van der Waals surface area contributed by atoms with Gasteiger partial charge in [-0.2, -0.15) is 0 Å². The van der Waals surface area contributed by atoms with Gasteiger partial charge in [0.25, 0.3) is 0 Å². The number of aryl methyl sites for hydroxylation is 2. The Morgan fingerprint density at radius 3 is 2.50 bits per heavy atom. The van der Waals surface area contributed by atoms with Crippen molar-refractivity contribution in [2.24, 2.45) is 0 Å². The highest BCUT2D eigenvalue weighted by molar-refractivity contribution is 5.33. The minimum atomic E-state index is 0.478. The van der Waals surface area contributed by atoms with E-state index in [1.807, 2.05) is 24.3 Å². The van der Waals surface area contributed by atoms with Crippen molar-refractivity contribution in [2.45, 2.75) is 45.9 Å². The number of hydrogen-bond acceptors (Lipinski definition) is 3. The summed E-state index contributed by atoms with van der Waals surface area (Å²) < 4.78 is 11.5. The summed E-state index contributed by atoms with van der Waals surface area (Å²) in [7, 11) is 0. The van der Waals surface area contributed by atoms with Crippen LogP contribution in [0, 0.1) is 13.8 Å². The van der Waals surface area contributed by atoms with Crippen LogP contribution in [0.15, 0.2) is 34.7 Å². The molecule has 2 aromatic rings. The average molecular weight is 271 g/mol. The Labute approximate surface area is 119 Å². The van der Waals surface area contributed by atoms with Crippen molar-refractivity contribution in [3.8, 4) is 5.75 Å². The highest BCUT2D eigenvalue weighted by Crippen LogP contribution is 2.21. The first-order chi connectivity index (χ1) is 9.69. The molecule has 1 heterocycles. The van der Waals surface area contributed by atoms with Gasteiger partial charge in [-0.1, -0.05) is 6.07 Å². The Hall–Kier alpha value is -1.74. The van der Waals surface area contributed by atoms with Gasteiger partial charge >= 0.3 is 0 Å². The summed E-state index contributed by atoms with van der Waals surface area (Å²) in [6.07, 6.45) is 2.59. The lowest BCUT2D eigenvalue weighted by molar-refractivity contribution is 0.264. The Bertz CT molecular complexity index is 564. The molecule has 0 radical (unpaired) electrons. The minimum Gasteiger partial charge on any atom is -0.486 e. The molecular formula is C17H21NO2. The molecule has 0 amide bonds. The smallest absolute Gasteiger partial charge is 0.146 e. The van der Waals surface area contributed by atoms with Gasteiger partial charge in [-0.15, -0.1) is 0 Å². The summed E-state index contributed by atoms with van der Waals surface area (Å²) in [6.45, 7) is 5.45. The summed E-state index contributed by atoms with van der Waals surface area (Å²) in [5.41, 5.74) is 2.43. The van der Waals surface area contributed by atoms with Gasteiger partial charge in [0.15, 0.2) is 0 Å². The quantitative estimate of drug-likeness (QED) is 0.869. The van der Waals surface area contributed by atoms with Crippen LogP contribution in [-0.4, -0.2) is 6.04 Å². The van der Waals surface area contributed by atoms with E-state index in [-0.39, 0.29) is 0 Å². The van der Waals surface area contributed by atoms with Crippen LogP contribution in [0.3, 0.4) is 0 Å². The molecule has 1 aromatic heterocycles. The van der Waals surface area contributed by atoms with Crippen molar-refractivity contribution in [1.82, 2.24) is 5.32 Å². The molecule has 1 N–H and O–H groups in total. The highest BCUT2D eigenvalue weighted by Gasteiger charge is 2.20. The van der Waals surface area contributed by atoms with Crippen molar-refractivity contribution < 1.29 is 9.15 Å². The molecule has 1 aliphatic carbocycles. The minimum absolute atomic E-state index is 0.478. The predicted octanol–water partition coefficient (Wildman–Crippen LogP) is 3.73. The van der Waals surface area contributed by atoms with E-state index >= 15 is 0 Å². The Morgan fingerprint density at radius 2 is 1.80 bits per heavy atom. The number of hydrogen-bond donors (Lipinski definition) is 1. The molecule has 0 saturated heterocycles. The van der Waals surface area contributed by atoms with Crippen LogP contribution < -0.4 is 10.1 Å².